The first-order valence-corrected chi connectivity index (χ1v) is 16.8. The summed E-state index contributed by atoms with van der Waals surface area (Å²) in [6.07, 6.45) is 2.11. The minimum absolute atomic E-state index is 0.0164. The Bertz CT molecular complexity index is 2010. The average molecular weight is 685 g/mol. The molecule has 1 aromatic heterocycles. The van der Waals surface area contributed by atoms with E-state index >= 15 is 0 Å². The number of rotatable bonds is 9. The number of furan rings is 1. The molecule has 0 aliphatic carbocycles. The fourth-order valence-corrected chi connectivity index (χ4v) is 7.19. The van der Waals surface area contributed by atoms with E-state index in [1.54, 1.807) is 28.3 Å². The van der Waals surface area contributed by atoms with E-state index in [2.05, 4.69) is 23.5 Å². The number of fused-ring (bicyclic) bond motifs is 3. The van der Waals surface area contributed by atoms with Crippen molar-refractivity contribution in [1.29, 1.82) is 0 Å². The van der Waals surface area contributed by atoms with Crippen molar-refractivity contribution < 1.29 is 18.8 Å². The van der Waals surface area contributed by atoms with Gasteiger partial charge in [-0.2, -0.15) is 5.01 Å². The van der Waals surface area contributed by atoms with Crippen LogP contribution in [0, 0.1) is 0 Å². The van der Waals surface area contributed by atoms with Crippen molar-refractivity contribution in [2.24, 2.45) is 0 Å². The molecule has 7 rings (SSSR count). The second-order valence-corrected chi connectivity index (χ2v) is 13.1. The number of piperazine rings is 1. The molecule has 1 N–H and O–H groups in total. The molecular weight excluding hydrogens is 649 g/mol. The lowest BCUT2D eigenvalue weighted by molar-refractivity contribution is -0.157. The van der Waals surface area contributed by atoms with Gasteiger partial charge < -0.3 is 19.5 Å². The molecule has 0 unspecified atom stereocenters. The van der Waals surface area contributed by atoms with Crippen molar-refractivity contribution in [2.45, 2.75) is 45.1 Å². The number of amides is 4. The number of carbonyl (C=O) groups excluding carboxylic acids is 3. The average Bonchev–Trinajstić information content (AvgIpc) is 3.69. The highest BCUT2D eigenvalue weighted by Gasteiger charge is 2.52. The molecule has 2 aliphatic rings. The lowest BCUT2D eigenvalue weighted by Crippen LogP contribution is -2.66. The number of benzene rings is 4. The highest BCUT2D eigenvalue weighted by molar-refractivity contribution is 6.42. The maximum Gasteiger partial charge on any atom is 0.332 e. The SMILES string of the molecule is CCCN(C(=O)NCc1ccc(Cl)c(Cl)c1)N1CC(=O)N2[C@@H](Cc3ccc4occc4c3)C(=O)N(Cc3cccc4ccccc34)C[C@@H]21. The lowest BCUT2D eigenvalue weighted by atomic mass is 9.98. The molecule has 0 spiro atoms. The Morgan fingerprint density at radius 1 is 0.938 bits per heavy atom. The third kappa shape index (κ3) is 6.21. The van der Waals surface area contributed by atoms with Gasteiger partial charge in [0.05, 0.1) is 29.4 Å². The summed E-state index contributed by atoms with van der Waals surface area (Å²) in [6.45, 7) is 3.23. The van der Waals surface area contributed by atoms with Crippen LogP contribution < -0.4 is 5.32 Å². The lowest BCUT2D eigenvalue weighted by Gasteiger charge is -2.46. The Hall–Kier alpha value is -4.57. The maximum atomic E-state index is 14.4. The van der Waals surface area contributed by atoms with E-state index in [1.807, 2.05) is 71.4 Å². The number of hydrogen-bond donors (Lipinski definition) is 1. The molecule has 11 heteroatoms. The second-order valence-electron chi connectivity index (χ2n) is 12.3. The minimum atomic E-state index is -0.747. The van der Waals surface area contributed by atoms with Gasteiger partial charge in [0.2, 0.25) is 11.8 Å². The van der Waals surface area contributed by atoms with Gasteiger partial charge >= 0.3 is 6.03 Å². The number of nitrogens with zero attached hydrogens (tertiary/aromatic N) is 4. The third-order valence-electron chi connectivity index (χ3n) is 9.16. The fourth-order valence-electron chi connectivity index (χ4n) is 6.87. The summed E-state index contributed by atoms with van der Waals surface area (Å²) >= 11 is 12.3. The van der Waals surface area contributed by atoms with Crippen LogP contribution in [0.2, 0.25) is 10.0 Å². The van der Waals surface area contributed by atoms with E-state index in [4.69, 9.17) is 27.6 Å². The number of hydrogen-bond acceptors (Lipinski definition) is 5. The summed E-state index contributed by atoms with van der Waals surface area (Å²) in [6, 6.07) is 26.1. The predicted octanol–water partition coefficient (Wildman–Crippen LogP) is 6.85. The molecular formula is C37H35Cl2N5O4. The molecule has 0 bridgehead atoms. The van der Waals surface area contributed by atoms with E-state index in [0.717, 1.165) is 38.4 Å². The standard InChI is InChI=1S/C37H35Cl2N5O4/c1-2-15-42(37(47)40-20-25-10-12-30(38)31(39)18-25)43-23-35(45)44-32(19-24-11-13-33-27(17-24)14-16-48-33)36(46)41(22-34(43)44)21-28-8-5-7-26-6-3-4-9-29(26)28/h3-14,16-18,32,34H,2,15,19-23H2,1H3,(H,40,47)/t32-,34+/m0/s1. The monoisotopic (exact) mass is 683 g/mol. The molecule has 5 aromatic rings. The van der Waals surface area contributed by atoms with Crippen molar-refractivity contribution in [1.82, 2.24) is 25.1 Å². The second kappa shape index (κ2) is 13.5. The summed E-state index contributed by atoms with van der Waals surface area (Å²) in [5.41, 5.74) is 3.50. The first-order chi connectivity index (χ1) is 23.3. The predicted molar refractivity (Wildman–Crippen MR) is 186 cm³/mol. The van der Waals surface area contributed by atoms with Crippen molar-refractivity contribution in [3.63, 3.8) is 0 Å². The van der Waals surface area contributed by atoms with E-state index in [-0.39, 0.29) is 37.5 Å². The van der Waals surface area contributed by atoms with Crippen molar-refractivity contribution >= 4 is 62.8 Å². The van der Waals surface area contributed by atoms with Gasteiger partial charge in [0.1, 0.15) is 17.8 Å². The van der Waals surface area contributed by atoms with Gasteiger partial charge in [-0.15, -0.1) is 0 Å². The molecule has 246 valence electrons. The zero-order valence-corrected chi connectivity index (χ0v) is 28.0. The van der Waals surface area contributed by atoms with Gasteiger partial charge in [0.25, 0.3) is 0 Å². The van der Waals surface area contributed by atoms with Crippen molar-refractivity contribution in [3.8, 4) is 0 Å². The topological polar surface area (TPSA) is 89.3 Å². The zero-order valence-electron chi connectivity index (χ0n) is 26.4. The van der Waals surface area contributed by atoms with Gasteiger partial charge in [0, 0.05) is 31.4 Å². The van der Waals surface area contributed by atoms with E-state index in [1.165, 1.54) is 0 Å². The Morgan fingerprint density at radius 3 is 2.58 bits per heavy atom. The van der Waals surface area contributed by atoms with Crippen LogP contribution in [0.3, 0.4) is 0 Å². The molecule has 48 heavy (non-hydrogen) atoms. The van der Waals surface area contributed by atoms with Crippen LogP contribution in [0.15, 0.2) is 95.6 Å². The van der Waals surface area contributed by atoms with Gasteiger partial charge in [0.15, 0.2) is 0 Å². The summed E-state index contributed by atoms with van der Waals surface area (Å²) in [4.78, 5) is 45.6. The quantitative estimate of drug-likeness (QED) is 0.184. The Morgan fingerprint density at radius 2 is 1.75 bits per heavy atom. The van der Waals surface area contributed by atoms with Crippen molar-refractivity contribution in [3.05, 3.63) is 118 Å². The summed E-state index contributed by atoms with van der Waals surface area (Å²) < 4.78 is 5.53. The summed E-state index contributed by atoms with van der Waals surface area (Å²) in [7, 11) is 0. The van der Waals surface area contributed by atoms with Crippen LogP contribution in [-0.2, 0) is 29.1 Å². The molecule has 2 saturated heterocycles. The largest absolute Gasteiger partial charge is 0.464 e. The molecule has 9 nitrogen and oxygen atoms in total. The number of urea groups is 1. The van der Waals surface area contributed by atoms with Gasteiger partial charge in [-0.25, -0.2) is 4.79 Å². The van der Waals surface area contributed by atoms with E-state index < -0.39 is 12.2 Å². The van der Waals surface area contributed by atoms with Crippen LogP contribution in [0.25, 0.3) is 21.7 Å². The normalized spacial score (nSPS) is 18.1. The Kier molecular flexibility index (Phi) is 9.00. The molecule has 2 atom stereocenters. The minimum Gasteiger partial charge on any atom is -0.464 e. The molecule has 4 amide bonds. The van der Waals surface area contributed by atoms with Crippen LogP contribution in [0.1, 0.15) is 30.0 Å². The summed E-state index contributed by atoms with van der Waals surface area (Å²) in [5, 5.41) is 10.4. The van der Waals surface area contributed by atoms with E-state index in [9.17, 15) is 14.4 Å². The van der Waals surface area contributed by atoms with E-state index in [0.29, 0.717) is 36.0 Å². The maximum absolute atomic E-state index is 14.4. The first kappa shape index (κ1) is 32.0. The van der Waals surface area contributed by atoms with Crippen LogP contribution >= 0.6 is 23.2 Å². The fraction of sp³-hybridized carbons (Fsp3) is 0.270. The molecule has 0 saturated carbocycles. The Balaban J connectivity index is 1.20. The summed E-state index contributed by atoms with van der Waals surface area (Å²) in [5.74, 6) is -0.307. The molecule has 0 radical (unpaired) electrons. The zero-order chi connectivity index (χ0) is 33.4. The van der Waals surface area contributed by atoms with Crippen molar-refractivity contribution in [2.75, 3.05) is 19.6 Å². The number of carbonyl (C=O) groups is 3. The molecule has 3 heterocycles. The Labute approximate surface area is 288 Å². The first-order valence-electron chi connectivity index (χ1n) is 16.1. The smallest absolute Gasteiger partial charge is 0.332 e. The number of halogens is 2. The molecule has 2 fully saturated rings. The van der Waals surface area contributed by atoms with Gasteiger partial charge in [-0.1, -0.05) is 84.7 Å². The van der Waals surface area contributed by atoms with Crippen LogP contribution in [0.4, 0.5) is 4.79 Å². The van der Waals surface area contributed by atoms with Crippen LogP contribution in [0.5, 0.6) is 0 Å². The number of nitrogens with one attached hydrogen (secondary N) is 1. The number of hydrazine groups is 1. The molecule has 4 aromatic carbocycles. The van der Waals surface area contributed by atoms with Crippen LogP contribution in [-0.4, -0.2) is 69.5 Å². The third-order valence-corrected chi connectivity index (χ3v) is 9.90. The van der Waals surface area contributed by atoms with Gasteiger partial charge in [-0.3, -0.25) is 14.6 Å². The highest BCUT2D eigenvalue weighted by atomic mass is 35.5. The van der Waals surface area contributed by atoms with Gasteiger partial charge in [-0.05, 0) is 64.2 Å². The highest BCUT2D eigenvalue weighted by Crippen LogP contribution is 2.32. The molecule has 2 aliphatic heterocycles.